The number of ketones is 1. The van der Waals surface area contributed by atoms with Gasteiger partial charge in [-0.15, -0.1) is 13.2 Å². The zero-order chi connectivity index (χ0) is 17.5. The molecule has 0 amide bonds. The first-order chi connectivity index (χ1) is 11.3. The third kappa shape index (κ3) is 2.78. The Morgan fingerprint density at radius 2 is 1.67 bits per heavy atom. The number of nitrogens with zero attached hydrogens (tertiary/aromatic N) is 1. The van der Waals surface area contributed by atoms with Crippen molar-refractivity contribution in [3.05, 3.63) is 58.8 Å². The molecule has 1 heterocycles. The second-order valence-electron chi connectivity index (χ2n) is 4.93. The van der Waals surface area contributed by atoms with Crippen molar-refractivity contribution in [2.24, 2.45) is 0 Å². The average molecular weight is 337 g/mol. The van der Waals surface area contributed by atoms with Gasteiger partial charge in [0.2, 0.25) is 5.69 Å². The number of benzene rings is 2. The Kier molecular flexibility index (Phi) is 3.67. The average Bonchev–Trinajstić information content (AvgIpc) is 2.78. The van der Waals surface area contributed by atoms with E-state index in [1.54, 1.807) is 6.07 Å². The molecule has 0 bridgehead atoms. The Labute approximate surface area is 134 Å². The minimum atomic E-state index is -4.81. The molecule has 1 aliphatic heterocycles. The van der Waals surface area contributed by atoms with Crippen LogP contribution in [0.2, 0.25) is 0 Å². The van der Waals surface area contributed by atoms with Crippen LogP contribution in [0, 0.1) is 5.21 Å². The number of ether oxygens (including phenoxy) is 2. The summed E-state index contributed by atoms with van der Waals surface area (Å²) in [5.41, 5.74) is 0.359. The van der Waals surface area contributed by atoms with Crippen LogP contribution in [0.15, 0.2) is 42.5 Å². The van der Waals surface area contributed by atoms with Gasteiger partial charge in [-0.25, -0.2) is 0 Å². The fourth-order valence-corrected chi connectivity index (χ4v) is 2.40. The number of rotatable bonds is 3. The summed E-state index contributed by atoms with van der Waals surface area (Å²) in [7, 11) is 1.43. The van der Waals surface area contributed by atoms with Crippen molar-refractivity contribution < 1.29 is 32.2 Å². The number of halogens is 3. The number of methoxy groups -OCH3 is 1. The van der Waals surface area contributed by atoms with Gasteiger partial charge in [-0.1, -0.05) is 0 Å². The predicted octanol–water partition coefficient (Wildman–Crippen LogP) is 3.42. The van der Waals surface area contributed by atoms with E-state index in [2.05, 4.69) is 4.74 Å². The first-order valence-corrected chi connectivity index (χ1v) is 6.73. The van der Waals surface area contributed by atoms with Crippen LogP contribution in [0.3, 0.4) is 0 Å². The van der Waals surface area contributed by atoms with Gasteiger partial charge in [0.15, 0.2) is 0 Å². The highest BCUT2D eigenvalue weighted by molar-refractivity contribution is 6.52. The summed E-state index contributed by atoms with van der Waals surface area (Å²) in [6.07, 6.45) is -4.81. The zero-order valence-electron chi connectivity index (χ0n) is 12.3. The van der Waals surface area contributed by atoms with Gasteiger partial charge in [-0.3, -0.25) is 4.79 Å². The Bertz CT molecular complexity index is 841. The smallest absolute Gasteiger partial charge is 0.573 e. The molecule has 8 heteroatoms. The van der Waals surface area contributed by atoms with Crippen molar-refractivity contribution in [2.75, 3.05) is 7.11 Å². The van der Waals surface area contributed by atoms with Gasteiger partial charge in [-0.05, 0) is 36.4 Å². The monoisotopic (exact) mass is 337 g/mol. The third-order valence-corrected chi connectivity index (χ3v) is 3.45. The summed E-state index contributed by atoms with van der Waals surface area (Å²) in [4.78, 5) is 12.4. The number of hydrogen-bond acceptors (Lipinski definition) is 4. The lowest BCUT2D eigenvalue weighted by Gasteiger charge is -2.08. The molecular formula is C16H10F3NO4. The van der Waals surface area contributed by atoms with E-state index >= 15 is 0 Å². The molecule has 1 aliphatic rings. The molecule has 0 atom stereocenters. The first-order valence-electron chi connectivity index (χ1n) is 6.73. The van der Waals surface area contributed by atoms with Crippen LogP contribution in [0.5, 0.6) is 11.5 Å². The fourth-order valence-electron chi connectivity index (χ4n) is 2.40. The van der Waals surface area contributed by atoms with Crippen molar-refractivity contribution >= 4 is 17.2 Å². The second-order valence-corrected chi connectivity index (χ2v) is 4.93. The molecule has 0 N–H and O–H groups in total. The molecule has 124 valence electrons. The molecule has 0 aliphatic carbocycles. The summed E-state index contributed by atoms with van der Waals surface area (Å²) in [5, 5.41) is 12.4. The van der Waals surface area contributed by atoms with Gasteiger partial charge in [0.25, 0.3) is 11.5 Å². The largest absolute Gasteiger partial charge is 0.618 e. The van der Waals surface area contributed by atoms with Crippen molar-refractivity contribution in [1.82, 2.24) is 0 Å². The molecular weight excluding hydrogens is 327 g/mol. The van der Waals surface area contributed by atoms with E-state index in [0.717, 1.165) is 12.1 Å². The van der Waals surface area contributed by atoms with E-state index in [1.807, 2.05) is 0 Å². The molecule has 5 nitrogen and oxygen atoms in total. The predicted molar refractivity (Wildman–Crippen MR) is 77.8 cm³/mol. The molecule has 0 aromatic heterocycles. The lowest BCUT2D eigenvalue weighted by atomic mass is 10.0. The van der Waals surface area contributed by atoms with Gasteiger partial charge in [0, 0.05) is 0 Å². The number of fused-ring (bicyclic) bond motifs is 1. The van der Waals surface area contributed by atoms with Gasteiger partial charge >= 0.3 is 6.36 Å². The van der Waals surface area contributed by atoms with Crippen LogP contribution < -0.4 is 9.47 Å². The lowest BCUT2D eigenvalue weighted by molar-refractivity contribution is -0.355. The molecule has 0 unspecified atom stereocenters. The highest BCUT2D eigenvalue weighted by Gasteiger charge is 2.37. The van der Waals surface area contributed by atoms with Crippen LogP contribution in [-0.4, -0.2) is 29.7 Å². The normalized spacial score (nSPS) is 13.9. The maximum atomic E-state index is 12.4. The third-order valence-electron chi connectivity index (χ3n) is 3.45. The molecule has 2 aromatic rings. The zero-order valence-corrected chi connectivity index (χ0v) is 12.3. The quantitative estimate of drug-likeness (QED) is 0.636. The summed E-state index contributed by atoms with van der Waals surface area (Å²) >= 11 is 0. The highest BCUT2D eigenvalue weighted by atomic mass is 19.4. The molecule has 0 spiro atoms. The standard InChI is InChI=1S/C16H10F3NO4/c1-23-11-6-7-12-13(8-11)20(22)14(15(12)21)9-2-4-10(5-3-9)24-16(17,18)19/h2-8H,1H3. The van der Waals surface area contributed by atoms with Gasteiger partial charge in [0.05, 0.1) is 18.7 Å². The summed E-state index contributed by atoms with van der Waals surface area (Å²) < 4.78 is 45.7. The van der Waals surface area contributed by atoms with E-state index in [0.29, 0.717) is 10.5 Å². The van der Waals surface area contributed by atoms with Crippen molar-refractivity contribution in [1.29, 1.82) is 0 Å². The maximum Gasteiger partial charge on any atom is 0.573 e. The maximum absolute atomic E-state index is 12.4. The minimum absolute atomic E-state index is 0.130. The van der Waals surface area contributed by atoms with Crippen molar-refractivity contribution in [3.8, 4) is 11.5 Å². The van der Waals surface area contributed by atoms with E-state index < -0.39 is 17.9 Å². The van der Waals surface area contributed by atoms with E-state index in [4.69, 9.17) is 4.74 Å². The molecule has 0 saturated heterocycles. The number of carbonyl (C=O) groups is 1. The van der Waals surface area contributed by atoms with Crippen LogP contribution in [0.25, 0.3) is 0 Å². The Morgan fingerprint density at radius 1 is 1.04 bits per heavy atom. The number of hydrogen-bond donors (Lipinski definition) is 0. The van der Waals surface area contributed by atoms with Gasteiger partial charge < -0.3 is 14.7 Å². The first kappa shape index (κ1) is 15.9. The molecule has 3 rings (SSSR count). The number of alkyl halides is 3. The molecule has 0 fully saturated rings. The Morgan fingerprint density at radius 3 is 2.25 bits per heavy atom. The van der Waals surface area contributed by atoms with Crippen LogP contribution in [0.1, 0.15) is 15.9 Å². The van der Waals surface area contributed by atoms with E-state index in [1.165, 1.54) is 31.4 Å². The lowest BCUT2D eigenvalue weighted by Crippen LogP contribution is -2.18. The summed E-state index contributed by atoms with van der Waals surface area (Å²) in [6.45, 7) is 0. The van der Waals surface area contributed by atoms with E-state index in [-0.39, 0.29) is 22.5 Å². The van der Waals surface area contributed by atoms with Crippen LogP contribution in [0.4, 0.5) is 18.9 Å². The Balaban J connectivity index is 1.97. The molecule has 24 heavy (non-hydrogen) atoms. The number of carbonyl (C=O) groups excluding carboxylic acids is 1. The van der Waals surface area contributed by atoms with Crippen molar-refractivity contribution in [2.45, 2.75) is 6.36 Å². The summed E-state index contributed by atoms with van der Waals surface area (Å²) in [6, 6.07) is 8.98. The van der Waals surface area contributed by atoms with E-state index in [9.17, 15) is 23.2 Å². The summed E-state index contributed by atoms with van der Waals surface area (Å²) in [5.74, 6) is -0.529. The van der Waals surface area contributed by atoms with Crippen LogP contribution in [-0.2, 0) is 0 Å². The molecule has 2 aromatic carbocycles. The Hall–Kier alpha value is -3.03. The molecule has 0 radical (unpaired) electrons. The highest BCUT2D eigenvalue weighted by Crippen LogP contribution is 2.32. The minimum Gasteiger partial charge on any atom is -0.618 e. The number of Topliss-reactive ketones (excluding diaryl/α,β-unsaturated/α-hetero) is 1. The topological polar surface area (TPSA) is 61.6 Å². The molecule has 0 saturated carbocycles. The van der Waals surface area contributed by atoms with Gasteiger partial charge in [0.1, 0.15) is 17.1 Å². The second kappa shape index (κ2) is 5.55. The van der Waals surface area contributed by atoms with Gasteiger partial charge in [-0.2, -0.15) is 4.74 Å². The fraction of sp³-hybridized carbons (Fsp3) is 0.125. The SMILES string of the molecule is COc1ccc2c(c1)[N+]([O-])=C(c1ccc(OC(F)(F)F)cc1)C2=O. The van der Waals surface area contributed by atoms with Crippen molar-refractivity contribution in [3.63, 3.8) is 0 Å². The van der Waals surface area contributed by atoms with Crippen LogP contribution >= 0.6 is 0 Å².